The van der Waals surface area contributed by atoms with Crippen LogP contribution in [0.25, 0.3) is 0 Å². The summed E-state index contributed by atoms with van der Waals surface area (Å²) in [6.07, 6.45) is 0. The minimum absolute atomic E-state index is 0.372. The van der Waals surface area contributed by atoms with Crippen molar-refractivity contribution in [1.82, 2.24) is 9.78 Å². The molecule has 0 fully saturated rings. The zero-order chi connectivity index (χ0) is 14.9. The molecule has 0 aliphatic heterocycles. The molecule has 0 saturated heterocycles. The van der Waals surface area contributed by atoms with E-state index in [1.165, 1.54) is 6.92 Å². The van der Waals surface area contributed by atoms with Crippen LogP contribution < -0.4 is 4.74 Å². The lowest BCUT2D eigenvalue weighted by Crippen LogP contribution is -2.10. The van der Waals surface area contributed by atoms with Gasteiger partial charge in [-0.3, -0.25) is 4.79 Å². The molecular weight excluding hydrogens is 299 g/mol. The van der Waals surface area contributed by atoms with Crippen LogP contribution in [-0.2, 0) is 11.3 Å². The average molecular weight is 313 g/mol. The Kier molecular flexibility index (Phi) is 4.35. The third kappa shape index (κ3) is 3.14. The van der Waals surface area contributed by atoms with Crippen molar-refractivity contribution in [2.75, 3.05) is 0 Å². The number of benzene rings is 1. The van der Waals surface area contributed by atoms with Gasteiger partial charge in [0.15, 0.2) is 0 Å². The van der Waals surface area contributed by atoms with Crippen molar-refractivity contribution >= 4 is 29.2 Å². The van der Waals surface area contributed by atoms with E-state index in [1.54, 1.807) is 16.8 Å². The largest absolute Gasteiger partial charge is 0.408 e. The number of hydrogen-bond donors (Lipinski definition) is 0. The van der Waals surface area contributed by atoms with Gasteiger partial charge in [-0.15, -0.1) is 0 Å². The van der Waals surface area contributed by atoms with Crippen LogP contribution in [0.4, 0.5) is 0 Å². The lowest BCUT2D eigenvalue weighted by atomic mass is 10.2. The first-order valence-electron chi connectivity index (χ1n) is 6.05. The minimum Gasteiger partial charge on any atom is -0.408 e. The number of rotatable bonds is 3. The van der Waals surface area contributed by atoms with Gasteiger partial charge in [-0.2, -0.15) is 5.10 Å². The summed E-state index contributed by atoms with van der Waals surface area (Å²) in [6, 6.07) is 5.36. The van der Waals surface area contributed by atoms with Gasteiger partial charge in [0.05, 0.1) is 22.3 Å². The number of hydrogen-bond acceptors (Lipinski definition) is 3. The van der Waals surface area contributed by atoms with E-state index < -0.39 is 0 Å². The maximum absolute atomic E-state index is 11.2. The summed E-state index contributed by atoms with van der Waals surface area (Å²) >= 11 is 11.9. The van der Waals surface area contributed by atoms with Crippen LogP contribution >= 0.6 is 23.2 Å². The summed E-state index contributed by atoms with van der Waals surface area (Å²) < 4.78 is 6.87. The molecule has 2 rings (SSSR count). The van der Waals surface area contributed by atoms with Crippen molar-refractivity contribution in [2.24, 2.45) is 0 Å². The van der Waals surface area contributed by atoms with Gasteiger partial charge in [-0.25, -0.2) is 4.68 Å². The summed E-state index contributed by atoms with van der Waals surface area (Å²) in [5.41, 5.74) is 2.59. The van der Waals surface area contributed by atoms with E-state index in [9.17, 15) is 4.79 Å². The topological polar surface area (TPSA) is 44.1 Å². The second-order valence-electron chi connectivity index (χ2n) is 4.52. The normalized spacial score (nSPS) is 10.7. The maximum Gasteiger partial charge on any atom is 0.309 e. The number of nitrogens with zero attached hydrogens (tertiary/aromatic N) is 2. The highest BCUT2D eigenvalue weighted by Crippen LogP contribution is 2.26. The maximum atomic E-state index is 11.2. The Morgan fingerprint density at radius 3 is 2.60 bits per heavy atom. The van der Waals surface area contributed by atoms with E-state index in [1.807, 2.05) is 19.9 Å². The number of ether oxygens (including phenoxy) is 1. The lowest BCUT2D eigenvalue weighted by Gasteiger charge is -2.08. The van der Waals surface area contributed by atoms with Crippen LogP contribution in [0.1, 0.15) is 23.7 Å². The first-order valence-corrected chi connectivity index (χ1v) is 6.80. The highest BCUT2D eigenvalue weighted by Gasteiger charge is 2.15. The Morgan fingerprint density at radius 2 is 2.00 bits per heavy atom. The van der Waals surface area contributed by atoms with Gasteiger partial charge >= 0.3 is 5.97 Å². The zero-order valence-corrected chi connectivity index (χ0v) is 12.9. The highest BCUT2D eigenvalue weighted by molar-refractivity contribution is 6.42. The van der Waals surface area contributed by atoms with Gasteiger partial charge < -0.3 is 4.74 Å². The zero-order valence-electron chi connectivity index (χ0n) is 11.4. The fourth-order valence-electron chi connectivity index (χ4n) is 1.83. The molecule has 20 heavy (non-hydrogen) atoms. The Morgan fingerprint density at radius 1 is 1.30 bits per heavy atom. The monoisotopic (exact) mass is 312 g/mol. The van der Waals surface area contributed by atoms with Gasteiger partial charge in [-0.05, 0) is 31.5 Å². The van der Waals surface area contributed by atoms with Crippen molar-refractivity contribution in [3.63, 3.8) is 0 Å². The molecule has 6 heteroatoms. The summed E-state index contributed by atoms with van der Waals surface area (Å²) in [5.74, 6) is 0.0875. The number of aryl methyl sites for hydroxylation is 1. The Hall–Kier alpha value is -1.52. The number of carbonyl (C=O) groups is 1. The van der Waals surface area contributed by atoms with E-state index >= 15 is 0 Å². The second-order valence-corrected chi connectivity index (χ2v) is 5.33. The standard InChI is InChI=1S/C14H14Cl2N2O2/c1-8-9(2)17-18(14(8)20-10(3)19)7-11-4-5-12(15)13(16)6-11/h4-6H,7H2,1-3H3. The van der Waals surface area contributed by atoms with Gasteiger partial charge in [0, 0.05) is 12.5 Å². The van der Waals surface area contributed by atoms with Crippen LogP contribution in [0, 0.1) is 13.8 Å². The molecule has 0 atom stereocenters. The Balaban J connectivity index is 2.35. The van der Waals surface area contributed by atoms with E-state index in [2.05, 4.69) is 5.10 Å². The average Bonchev–Trinajstić information content (AvgIpc) is 2.61. The third-order valence-corrected chi connectivity index (χ3v) is 3.66. The SMILES string of the molecule is CC(=O)Oc1c(C)c(C)nn1Cc1ccc(Cl)c(Cl)c1. The van der Waals surface area contributed by atoms with E-state index in [0.29, 0.717) is 22.5 Å². The molecule has 0 spiro atoms. The molecule has 0 aliphatic carbocycles. The summed E-state index contributed by atoms with van der Waals surface area (Å²) in [5, 5.41) is 5.36. The van der Waals surface area contributed by atoms with Gasteiger partial charge in [0.25, 0.3) is 0 Å². The molecule has 4 nitrogen and oxygen atoms in total. The highest BCUT2D eigenvalue weighted by atomic mass is 35.5. The number of aromatic nitrogens is 2. The number of esters is 1. The molecule has 0 aliphatic rings. The number of carbonyl (C=O) groups excluding carboxylic acids is 1. The van der Waals surface area contributed by atoms with Crippen LogP contribution in [0.3, 0.4) is 0 Å². The Labute approximate surface area is 127 Å². The second kappa shape index (κ2) is 5.85. The molecule has 2 aromatic rings. The van der Waals surface area contributed by atoms with E-state index in [-0.39, 0.29) is 5.97 Å². The summed E-state index contributed by atoms with van der Waals surface area (Å²) in [7, 11) is 0. The molecule has 0 bridgehead atoms. The van der Waals surface area contributed by atoms with Crippen molar-refractivity contribution in [3.8, 4) is 5.88 Å². The third-order valence-electron chi connectivity index (χ3n) is 2.93. The molecule has 0 N–H and O–H groups in total. The molecule has 0 radical (unpaired) electrons. The van der Waals surface area contributed by atoms with E-state index in [4.69, 9.17) is 27.9 Å². The summed E-state index contributed by atoms with van der Waals surface area (Å²) in [6.45, 7) is 5.55. The number of halogens is 2. The molecule has 0 saturated carbocycles. The smallest absolute Gasteiger partial charge is 0.309 e. The summed E-state index contributed by atoms with van der Waals surface area (Å²) in [4.78, 5) is 11.2. The van der Waals surface area contributed by atoms with Crippen molar-refractivity contribution in [1.29, 1.82) is 0 Å². The van der Waals surface area contributed by atoms with Gasteiger partial charge in [-0.1, -0.05) is 29.3 Å². The van der Waals surface area contributed by atoms with Gasteiger partial charge in [0.1, 0.15) is 0 Å². The van der Waals surface area contributed by atoms with Gasteiger partial charge in [0.2, 0.25) is 5.88 Å². The predicted molar refractivity (Wildman–Crippen MR) is 78.6 cm³/mol. The molecule has 1 heterocycles. The molecule has 106 valence electrons. The van der Waals surface area contributed by atoms with Crippen molar-refractivity contribution < 1.29 is 9.53 Å². The lowest BCUT2D eigenvalue weighted by molar-refractivity contribution is -0.132. The Bertz CT molecular complexity index is 665. The van der Waals surface area contributed by atoms with E-state index in [0.717, 1.165) is 16.8 Å². The minimum atomic E-state index is -0.372. The van der Waals surface area contributed by atoms with Crippen LogP contribution in [0.15, 0.2) is 18.2 Å². The molecule has 0 unspecified atom stereocenters. The quantitative estimate of drug-likeness (QED) is 0.810. The fraction of sp³-hybridized carbons (Fsp3) is 0.286. The fourth-order valence-corrected chi connectivity index (χ4v) is 2.15. The van der Waals surface area contributed by atoms with Crippen LogP contribution in [-0.4, -0.2) is 15.7 Å². The van der Waals surface area contributed by atoms with Crippen molar-refractivity contribution in [2.45, 2.75) is 27.3 Å². The predicted octanol–water partition coefficient (Wildman–Crippen LogP) is 3.78. The molecular formula is C14H14Cl2N2O2. The molecule has 1 aromatic heterocycles. The molecule has 0 amide bonds. The van der Waals surface area contributed by atoms with Crippen molar-refractivity contribution in [3.05, 3.63) is 45.1 Å². The molecule has 1 aromatic carbocycles. The van der Waals surface area contributed by atoms with Crippen LogP contribution in [0.2, 0.25) is 10.0 Å². The first kappa shape index (κ1) is 14.9. The first-order chi connectivity index (χ1) is 9.38. The van der Waals surface area contributed by atoms with Crippen LogP contribution in [0.5, 0.6) is 5.88 Å².